The Morgan fingerprint density at radius 3 is 2.62 bits per heavy atom. The van der Waals surface area contributed by atoms with Crippen molar-refractivity contribution in [2.24, 2.45) is 5.92 Å². The first kappa shape index (κ1) is 19.0. The third kappa shape index (κ3) is 4.68. The lowest BCUT2D eigenvalue weighted by molar-refractivity contribution is -0.134. The van der Waals surface area contributed by atoms with Gasteiger partial charge in [-0.05, 0) is 30.5 Å². The lowest BCUT2D eigenvalue weighted by atomic mass is 10.0. The maximum Gasteiger partial charge on any atom is 0.224 e. The molecule has 0 aliphatic carbocycles. The van der Waals surface area contributed by atoms with Gasteiger partial charge in [0.25, 0.3) is 0 Å². The summed E-state index contributed by atoms with van der Waals surface area (Å²) >= 11 is 1.66. The molecule has 1 aromatic carbocycles. The summed E-state index contributed by atoms with van der Waals surface area (Å²) in [5, 5.41) is 3.17. The zero-order valence-corrected chi connectivity index (χ0v) is 16.4. The minimum Gasteiger partial charge on any atom is -0.334 e. The highest BCUT2D eigenvalue weighted by molar-refractivity contribution is 7.09. The number of thiazole rings is 1. The number of nitrogens with zero attached hydrogens (tertiary/aromatic N) is 3. The number of hydrogen-bond acceptors (Lipinski definition) is 4. The molecule has 4 nitrogen and oxygen atoms in total. The van der Waals surface area contributed by atoms with Gasteiger partial charge >= 0.3 is 0 Å². The standard InChI is InChI=1S/C20H26FN3OS/c1-14(2)19-12-23(11-18-13-26-15(3)22-18)9-8-20(25)24(19)10-16-4-6-17(21)7-5-16/h4-7,13-14,19H,8-12H2,1-3H3. The number of hydrogen-bond donors (Lipinski definition) is 0. The third-order valence-corrected chi connectivity index (χ3v) is 5.72. The van der Waals surface area contributed by atoms with Gasteiger partial charge in [-0.15, -0.1) is 11.3 Å². The number of carbonyl (C=O) groups is 1. The minimum atomic E-state index is -0.249. The number of halogens is 1. The van der Waals surface area contributed by atoms with E-state index >= 15 is 0 Å². The zero-order valence-electron chi connectivity index (χ0n) is 15.6. The van der Waals surface area contributed by atoms with Gasteiger partial charge in [0.1, 0.15) is 5.82 Å². The lowest BCUT2D eigenvalue weighted by Crippen LogP contribution is -2.45. The van der Waals surface area contributed by atoms with E-state index in [4.69, 9.17) is 0 Å². The topological polar surface area (TPSA) is 36.4 Å². The molecule has 26 heavy (non-hydrogen) atoms. The molecule has 1 saturated heterocycles. The van der Waals surface area contributed by atoms with E-state index in [0.29, 0.717) is 18.9 Å². The summed E-state index contributed by atoms with van der Waals surface area (Å²) in [6.07, 6.45) is 0.507. The second-order valence-electron chi connectivity index (χ2n) is 7.30. The molecule has 0 spiro atoms. The second-order valence-corrected chi connectivity index (χ2v) is 8.36. The van der Waals surface area contributed by atoms with Crippen molar-refractivity contribution in [3.63, 3.8) is 0 Å². The van der Waals surface area contributed by atoms with Crippen molar-refractivity contribution < 1.29 is 9.18 Å². The summed E-state index contributed by atoms with van der Waals surface area (Å²) in [5.74, 6) is 0.267. The van der Waals surface area contributed by atoms with Crippen LogP contribution in [0.2, 0.25) is 0 Å². The fourth-order valence-corrected chi connectivity index (χ4v) is 4.06. The fourth-order valence-electron chi connectivity index (χ4n) is 3.45. The van der Waals surface area contributed by atoms with Gasteiger partial charge in [0.2, 0.25) is 5.91 Å². The van der Waals surface area contributed by atoms with Gasteiger partial charge in [0.15, 0.2) is 0 Å². The van der Waals surface area contributed by atoms with Crippen molar-refractivity contribution in [1.82, 2.24) is 14.8 Å². The largest absolute Gasteiger partial charge is 0.334 e. The van der Waals surface area contributed by atoms with Gasteiger partial charge in [-0.2, -0.15) is 0 Å². The van der Waals surface area contributed by atoms with Crippen LogP contribution >= 0.6 is 11.3 Å². The summed E-state index contributed by atoms with van der Waals surface area (Å²) in [6, 6.07) is 6.58. The molecule has 2 heterocycles. The zero-order chi connectivity index (χ0) is 18.7. The van der Waals surface area contributed by atoms with Crippen molar-refractivity contribution in [2.75, 3.05) is 13.1 Å². The van der Waals surface area contributed by atoms with Crippen LogP contribution in [0.15, 0.2) is 29.6 Å². The van der Waals surface area contributed by atoms with E-state index in [2.05, 4.69) is 29.1 Å². The quantitative estimate of drug-likeness (QED) is 0.796. The molecular weight excluding hydrogens is 349 g/mol. The number of aromatic nitrogens is 1. The molecule has 1 aliphatic rings. The van der Waals surface area contributed by atoms with Crippen LogP contribution in [0.1, 0.15) is 36.5 Å². The lowest BCUT2D eigenvalue weighted by Gasteiger charge is -2.34. The molecule has 1 fully saturated rings. The Morgan fingerprint density at radius 2 is 2.00 bits per heavy atom. The van der Waals surface area contributed by atoms with Gasteiger partial charge in [0.05, 0.1) is 10.7 Å². The molecular formula is C20H26FN3OS. The van der Waals surface area contributed by atoms with E-state index in [1.807, 2.05) is 11.8 Å². The van der Waals surface area contributed by atoms with Gasteiger partial charge in [-0.25, -0.2) is 9.37 Å². The molecule has 6 heteroatoms. The first-order chi connectivity index (χ1) is 12.4. The Labute approximate surface area is 158 Å². The average molecular weight is 376 g/mol. The highest BCUT2D eigenvalue weighted by Gasteiger charge is 2.31. The molecule has 1 aliphatic heterocycles. The predicted octanol–water partition coefficient (Wildman–Crippen LogP) is 3.85. The van der Waals surface area contributed by atoms with Crippen LogP contribution < -0.4 is 0 Å². The van der Waals surface area contributed by atoms with Gasteiger partial charge in [-0.3, -0.25) is 9.69 Å². The van der Waals surface area contributed by atoms with Crippen molar-refractivity contribution >= 4 is 17.2 Å². The van der Waals surface area contributed by atoms with Crippen LogP contribution in [0, 0.1) is 18.7 Å². The van der Waals surface area contributed by atoms with E-state index in [1.165, 1.54) is 12.1 Å². The average Bonchev–Trinajstić information content (AvgIpc) is 2.94. The molecule has 1 amide bonds. The first-order valence-corrected chi connectivity index (χ1v) is 9.97. The normalized spacial score (nSPS) is 19.2. The van der Waals surface area contributed by atoms with Crippen LogP contribution in [0.3, 0.4) is 0 Å². The van der Waals surface area contributed by atoms with Crippen LogP contribution in [-0.2, 0) is 17.9 Å². The van der Waals surface area contributed by atoms with E-state index in [0.717, 1.165) is 35.9 Å². The molecule has 0 saturated carbocycles. The summed E-state index contributed by atoms with van der Waals surface area (Å²) in [7, 11) is 0. The summed E-state index contributed by atoms with van der Waals surface area (Å²) in [4.78, 5) is 21.7. The van der Waals surface area contributed by atoms with Crippen LogP contribution in [0.4, 0.5) is 4.39 Å². The number of benzene rings is 1. The molecule has 3 rings (SSSR count). The van der Waals surface area contributed by atoms with Gasteiger partial charge in [0, 0.05) is 44.0 Å². The SMILES string of the molecule is Cc1nc(CN2CCC(=O)N(Cc3ccc(F)cc3)C(C(C)C)C2)cs1. The number of aryl methyl sites for hydroxylation is 1. The minimum absolute atomic E-state index is 0.134. The predicted molar refractivity (Wildman–Crippen MR) is 102 cm³/mol. The Balaban J connectivity index is 1.75. The van der Waals surface area contributed by atoms with E-state index in [9.17, 15) is 9.18 Å². The summed E-state index contributed by atoms with van der Waals surface area (Å²) < 4.78 is 13.2. The highest BCUT2D eigenvalue weighted by atomic mass is 32.1. The third-order valence-electron chi connectivity index (χ3n) is 4.90. The Morgan fingerprint density at radius 1 is 1.27 bits per heavy atom. The molecule has 0 bridgehead atoms. The monoisotopic (exact) mass is 375 g/mol. The molecule has 2 aromatic rings. The number of rotatable bonds is 5. The maximum atomic E-state index is 13.2. The van der Waals surface area contributed by atoms with E-state index in [-0.39, 0.29) is 17.8 Å². The molecule has 0 radical (unpaired) electrons. The van der Waals surface area contributed by atoms with Crippen LogP contribution in [0.5, 0.6) is 0 Å². The van der Waals surface area contributed by atoms with Crippen molar-refractivity contribution in [2.45, 2.75) is 46.3 Å². The summed E-state index contributed by atoms with van der Waals surface area (Å²) in [6.45, 7) is 9.23. The van der Waals surface area contributed by atoms with Crippen molar-refractivity contribution in [3.05, 3.63) is 51.7 Å². The molecule has 140 valence electrons. The Hall–Kier alpha value is -1.79. The highest BCUT2D eigenvalue weighted by Crippen LogP contribution is 2.22. The van der Waals surface area contributed by atoms with Gasteiger partial charge < -0.3 is 4.90 Å². The van der Waals surface area contributed by atoms with E-state index < -0.39 is 0 Å². The Kier molecular flexibility index (Phi) is 6.04. The van der Waals surface area contributed by atoms with Crippen molar-refractivity contribution in [3.8, 4) is 0 Å². The smallest absolute Gasteiger partial charge is 0.224 e. The van der Waals surface area contributed by atoms with E-state index in [1.54, 1.807) is 23.5 Å². The maximum absolute atomic E-state index is 13.2. The molecule has 0 N–H and O–H groups in total. The molecule has 1 unspecified atom stereocenters. The Bertz CT molecular complexity index is 744. The fraction of sp³-hybridized carbons (Fsp3) is 0.500. The number of carbonyl (C=O) groups excluding carboxylic acids is 1. The molecule has 1 aromatic heterocycles. The molecule has 1 atom stereocenters. The summed E-state index contributed by atoms with van der Waals surface area (Å²) in [5.41, 5.74) is 2.04. The van der Waals surface area contributed by atoms with Gasteiger partial charge in [-0.1, -0.05) is 26.0 Å². The van der Waals surface area contributed by atoms with Crippen LogP contribution in [-0.4, -0.2) is 39.8 Å². The van der Waals surface area contributed by atoms with Crippen LogP contribution in [0.25, 0.3) is 0 Å². The number of amides is 1. The first-order valence-electron chi connectivity index (χ1n) is 9.09. The van der Waals surface area contributed by atoms with Crippen molar-refractivity contribution in [1.29, 1.82) is 0 Å². The second kappa shape index (κ2) is 8.27.